The van der Waals surface area contributed by atoms with Gasteiger partial charge in [0.1, 0.15) is 11.1 Å². The summed E-state index contributed by atoms with van der Waals surface area (Å²) in [4.78, 5) is 4.71. The van der Waals surface area contributed by atoms with Crippen LogP contribution >= 0.6 is 11.3 Å². The fraction of sp³-hybridized carbons (Fsp3) is 0.217. The fourth-order valence-corrected chi connectivity index (χ4v) is 3.69. The molecule has 3 heteroatoms. The molecule has 0 aliphatic heterocycles. The van der Waals surface area contributed by atoms with E-state index in [0.717, 1.165) is 21.8 Å². The number of aryl methyl sites for hydroxylation is 2. The molecule has 26 heavy (non-hydrogen) atoms. The summed E-state index contributed by atoms with van der Waals surface area (Å²) in [5.41, 5.74) is 7.41. The molecule has 0 saturated carbocycles. The third kappa shape index (κ3) is 3.92. The van der Waals surface area contributed by atoms with Crippen LogP contribution < -0.4 is 0 Å². The zero-order chi connectivity index (χ0) is 18.7. The number of rotatable bonds is 4. The SMILES string of the molecule is Cc1ccc(-c2csc(/C(C#N)=C\c3ccc(C(C)C)cc3)n2)c(C)c1. The van der Waals surface area contributed by atoms with Crippen LogP contribution in [0, 0.1) is 25.2 Å². The standard InChI is InChI=1S/C23H22N2S/c1-15(2)19-8-6-18(7-9-19)12-20(13-24)23-25-22(14-26-23)21-10-5-16(3)11-17(21)4/h5-12,14-15H,1-4H3/b20-12-. The maximum absolute atomic E-state index is 9.60. The van der Waals surface area contributed by atoms with Crippen molar-refractivity contribution >= 4 is 23.0 Å². The molecule has 0 aliphatic rings. The molecule has 1 heterocycles. The van der Waals surface area contributed by atoms with E-state index in [0.29, 0.717) is 11.5 Å². The maximum atomic E-state index is 9.60. The van der Waals surface area contributed by atoms with Crippen LogP contribution in [0.15, 0.2) is 47.8 Å². The van der Waals surface area contributed by atoms with Crippen LogP contribution in [0.5, 0.6) is 0 Å². The molecule has 3 rings (SSSR count). The summed E-state index contributed by atoms with van der Waals surface area (Å²) in [5.74, 6) is 0.503. The third-order valence-electron chi connectivity index (χ3n) is 4.43. The highest BCUT2D eigenvalue weighted by Gasteiger charge is 2.11. The summed E-state index contributed by atoms with van der Waals surface area (Å²) in [6.07, 6.45) is 1.91. The van der Waals surface area contributed by atoms with Gasteiger partial charge in [0.15, 0.2) is 0 Å². The number of allylic oxidation sites excluding steroid dienone is 1. The molecule has 1 aromatic heterocycles. The molecule has 0 aliphatic carbocycles. The Morgan fingerprint density at radius 1 is 1.12 bits per heavy atom. The van der Waals surface area contributed by atoms with Gasteiger partial charge in [-0.2, -0.15) is 5.26 Å². The van der Waals surface area contributed by atoms with Crippen molar-refractivity contribution in [2.24, 2.45) is 0 Å². The van der Waals surface area contributed by atoms with Crippen molar-refractivity contribution < 1.29 is 0 Å². The predicted octanol–water partition coefficient (Wildman–Crippen LogP) is 6.61. The van der Waals surface area contributed by atoms with Crippen molar-refractivity contribution in [2.75, 3.05) is 0 Å². The Morgan fingerprint density at radius 3 is 2.46 bits per heavy atom. The number of thiazole rings is 1. The number of nitrogens with zero attached hydrogens (tertiary/aromatic N) is 2. The highest BCUT2D eigenvalue weighted by molar-refractivity contribution is 7.11. The summed E-state index contributed by atoms with van der Waals surface area (Å²) < 4.78 is 0. The molecule has 0 N–H and O–H groups in total. The average molecular weight is 359 g/mol. The Balaban J connectivity index is 1.92. The van der Waals surface area contributed by atoms with Gasteiger partial charge in [0, 0.05) is 10.9 Å². The number of hydrogen-bond donors (Lipinski definition) is 0. The number of benzene rings is 2. The predicted molar refractivity (Wildman–Crippen MR) is 111 cm³/mol. The number of nitriles is 1. The quantitative estimate of drug-likeness (QED) is 0.492. The van der Waals surface area contributed by atoms with E-state index in [9.17, 15) is 5.26 Å². The smallest absolute Gasteiger partial charge is 0.134 e. The van der Waals surface area contributed by atoms with E-state index in [4.69, 9.17) is 4.98 Å². The highest BCUT2D eigenvalue weighted by Crippen LogP contribution is 2.29. The lowest BCUT2D eigenvalue weighted by molar-refractivity contribution is 0.866. The molecule has 0 unspecified atom stereocenters. The van der Waals surface area contributed by atoms with Gasteiger partial charge in [-0.3, -0.25) is 0 Å². The first kappa shape index (κ1) is 18.1. The average Bonchev–Trinajstić information content (AvgIpc) is 3.09. The largest absolute Gasteiger partial charge is 0.235 e. The number of aromatic nitrogens is 1. The lowest BCUT2D eigenvalue weighted by Gasteiger charge is -2.05. The van der Waals surface area contributed by atoms with Crippen LogP contribution in [0.1, 0.15) is 47.0 Å². The van der Waals surface area contributed by atoms with Gasteiger partial charge in [-0.15, -0.1) is 11.3 Å². The van der Waals surface area contributed by atoms with Crippen LogP contribution in [0.4, 0.5) is 0 Å². The normalized spacial score (nSPS) is 11.6. The van der Waals surface area contributed by atoms with E-state index in [-0.39, 0.29) is 0 Å². The molecule has 130 valence electrons. The summed E-state index contributed by atoms with van der Waals surface area (Å²) in [6, 6.07) is 17.0. The van der Waals surface area contributed by atoms with Crippen LogP contribution in [0.2, 0.25) is 0 Å². The molecule has 2 nitrogen and oxygen atoms in total. The maximum Gasteiger partial charge on any atom is 0.134 e. The minimum atomic E-state index is 0.503. The minimum Gasteiger partial charge on any atom is -0.235 e. The Hall–Kier alpha value is -2.70. The Bertz CT molecular complexity index is 986. The van der Waals surface area contributed by atoms with Crippen molar-refractivity contribution in [1.29, 1.82) is 5.26 Å². The van der Waals surface area contributed by atoms with Gasteiger partial charge < -0.3 is 0 Å². The monoisotopic (exact) mass is 358 g/mol. The van der Waals surface area contributed by atoms with Crippen LogP contribution in [0.3, 0.4) is 0 Å². The molecule has 0 radical (unpaired) electrons. The van der Waals surface area contributed by atoms with Crippen molar-refractivity contribution in [3.8, 4) is 17.3 Å². The second-order valence-electron chi connectivity index (χ2n) is 6.85. The molecular weight excluding hydrogens is 336 g/mol. The second kappa shape index (κ2) is 7.68. The van der Waals surface area contributed by atoms with E-state index in [1.807, 2.05) is 11.5 Å². The van der Waals surface area contributed by atoms with Gasteiger partial charge in [0.2, 0.25) is 0 Å². The van der Waals surface area contributed by atoms with Gasteiger partial charge >= 0.3 is 0 Å². The second-order valence-corrected chi connectivity index (χ2v) is 7.71. The van der Waals surface area contributed by atoms with E-state index >= 15 is 0 Å². The van der Waals surface area contributed by atoms with Gasteiger partial charge in [-0.25, -0.2) is 4.98 Å². The first-order chi connectivity index (χ1) is 12.5. The molecule has 0 spiro atoms. The third-order valence-corrected chi connectivity index (χ3v) is 5.30. The molecule has 2 aromatic carbocycles. The van der Waals surface area contributed by atoms with Crippen molar-refractivity contribution in [3.63, 3.8) is 0 Å². The molecule has 0 atom stereocenters. The van der Waals surface area contributed by atoms with Crippen LogP contribution in [0.25, 0.3) is 22.9 Å². The van der Waals surface area contributed by atoms with Crippen LogP contribution in [-0.2, 0) is 0 Å². The van der Waals surface area contributed by atoms with Gasteiger partial charge in [0.25, 0.3) is 0 Å². The van der Waals surface area contributed by atoms with Gasteiger partial charge in [0.05, 0.1) is 11.3 Å². The van der Waals surface area contributed by atoms with Gasteiger partial charge in [-0.05, 0) is 42.5 Å². The zero-order valence-corrected chi connectivity index (χ0v) is 16.4. The molecule has 0 saturated heterocycles. The van der Waals surface area contributed by atoms with Crippen molar-refractivity contribution in [1.82, 2.24) is 4.98 Å². The summed E-state index contributed by atoms with van der Waals surface area (Å²) in [5, 5.41) is 12.4. The molecule has 3 aromatic rings. The molecular formula is C23H22N2S. The molecule has 0 bridgehead atoms. The van der Waals surface area contributed by atoms with Gasteiger partial charge in [-0.1, -0.05) is 61.9 Å². The first-order valence-corrected chi connectivity index (χ1v) is 9.61. The van der Waals surface area contributed by atoms with E-state index in [1.54, 1.807) is 0 Å². The van der Waals surface area contributed by atoms with E-state index < -0.39 is 0 Å². The van der Waals surface area contributed by atoms with E-state index in [2.05, 4.69) is 76.2 Å². The fourth-order valence-electron chi connectivity index (χ4n) is 2.91. The first-order valence-electron chi connectivity index (χ1n) is 8.73. The van der Waals surface area contributed by atoms with E-state index in [1.165, 1.54) is 28.0 Å². The van der Waals surface area contributed by atoms with Crippen LogP contribution in [-0.4, -0.2) is 4.98 Å². The summed E-state index contributed by atoms with van der Waals surface area (Å²) >= 11 is 1.52. The molecule has 0 amide bonds. The zero-order valence-electron chi connectivity index (χ0n) is 15.6. The van der Waals surface area contributed by atoms with Crippen molar-refractivity contribution in [2.45, 2.75) is 33.6 Å². The molecule has 0 fully saturated rings. The van der Waals surface area contributed by atoms with Crippen molar-refractivity contribution in [3.05, 3.63) is 75.1 Å². The summed E-state index contributed by atoms with van der Waals surface area (Å²) in [7, 11) is 0. The number of hydrogen-bond acceptors (Lipinski definition) is 3. The highest BCUT2D eigenvalue weighted by atomic mass is 32.1. The lowest BCUT2D eigenvalue weighted by Crippen LogP contribution is -1.88. The lowest BCUT2D eigenvalue weighted by atomic mass is 10.0. The topological polar surface area (TPSA) is 36.7 Å². The Kier molecular flexibility index (Phi) is 5.35. The minimum absolute atomic E-state index is 0.503. The Morgan fingerprint density at radius 2 is 1.85 bits per heavy atom. The summed E-state index contributed by atoms with van der Waals surface area (Å²) in [6.45, 7) is 8.54. The Labute approximate surface area is 159 Å².